The van der Waals surface area contributed by atoms with Gasteiger partial charge in [-0.25, -0.2) is 8.42 Å². The number of nitrogens with one attached hydrogen (secondary N) is 1. The molecular formula is C18H15N3O4S. The first-order valence-electron chi connectivity index (χ1n) is 7.67. The number of amides is 1. The van der Waals surface area contributed by atoms with Gasteiger partial charge in [0.1, 0.15) is 5.75 Å². The lowest BCUT2D eigenvalue weighted by Gasteiger charge is -2.00. The van der Waals surface area contributed by atoms with Crippen molar-refractivity contribution in [3.05, 3.63) is 78.2 Å². The van der Waals surface area contributed by atoms with Gasteiger partial charge in [0.15, 0.2) is 9.84 Å². The minimum absolute atomic E-state index is 0.101. The Hall–Kier alpha value is -3.26. The number of hydrogen-bond acceptors (Lipinski definition) is 6. The summed E-state index contributed by atoms with van der Waals surface area (Å²) >= 11 is 0. The van der Waals surface area contributed by atoms with Gasteiger partial charge in [-0.05, 0) is 23.8 Å². The van der Waals surface area contributed by atoms with Crippen molar-refractivity contribution >= 4 is 27.8 Å². The molecule has 1 N–H and O–H groups in total. The highest BCUT2D eigenvalue weighted by Crippen LogP contribution is 2.16. The predicted molar refractivity (Wildman–Crippen MR) is 95.7 cm³/mol. The van der Waals surface area contributed by atoms with Crippen LogP contribution in [0.5, 0.6) is 0 Å². The number of nitrogens with zero attached hydrogens (tertiary/aromatic N) is 2. The number of aromatic nitrogens is 2. The summed E-state index contributed by atoms with van der Waals surface area (Å²) in [6, 6.07) is 17.1. The van der Waals surface area contributed by atoms with E-state index in [4.69, 9.17) is 4.42 Å². The van der Waals surface area contributed by atoms with E-state index in [1.54, 1.807) is 24.3 Å². The number of rotatable bonds is 6. The van der Waals surface area contributed by atoms with Crippen molar-refractivity contribution in [2.45, 2.75) is 10.6 Å². The third kappa shape index (κ3) is 4.64. The van der Waals surface area contributed by atoms with Crippen molar-refractivity contribution < 1.29 is 17.6 Å². The number of hydrogen-bond donors (Lipinski definition) is 1. The first-order valence-corrected chi connectivity index (χ1v) is 9.32. The number of sulfone groups is 1. The summed E-state index contributed by atoms with van der Waals surface area (Å²) in [5.74, 6) is -1.01. The topological polar surface area (TPSA) is 102 Å². The Morgan fingerprint density at radius 1 is 1.00 bits per heavy atom. The highest BCUT2D eigenvalue weighted by atomic mass is 32.2. The minimum Gasteiger partial charge on any atom is -0.407 e. The highest BCUT2D eigenvalue weighted by Gasteiger charge is 2.19. The smallest absolute Gasteiger partial charge is 0.322 e. The summed E-state index contributed by atoms with van der Waals surface area (Å²) in [4.78, 5) is 12.0. The van der Waals surface area contributed by atoms with Crippen LogP contribution >= 0.6 is 0 Å². The van der Waals surface area contributed by atoms with Gasteiger partial charge in [0.2, 0.25) is 5.89 Å². The van der Waals surface area contributed by atoms with Crippen LogP contribution in [0.25, 0.3) is 6.08 Å². The van der Waals surface area contributed by atoms with E-state index in [1.807, 2.05) is 30.3 Å². The SMILES string of the molecule is O=C(C=Cc1ccccc1)Nc1nnc(CS(=O)(=O)c2ccccc2)o1. The summed E-state index contributed by atoms with van der Waals surface area (Å²) in [6.07, 6.45) is 2.95. The zero-order valence-electron chi connectivity index (χ0n) is 13.6. The molecule has 0 radical (unpaired) electrons. The second kappa shape index (κ2) is 7.75. The molecule has 0 aliphatic rings. The van der Waals surface area contributed by atoms with Gasteiger partial charge in [0.25, 0.3) is 5.91 Å². The van der Waals surface area contributed by atoms with Crippen LogP contribution in [0.15, 0.2) is 76.1 Å². The number of anilines is 1. The molecule has 2 aromatic carbocycles. The van der Waals surface area contributed by atoms with Gasteiger partial charge >= 0.3 is 6.01 Å². The average molecular weight is 369 g/mol. The molecule has 0 saturated carbocycles. The van der Waals surface area contributed by atoms with E-state index in [-0.39, 0.29) is 16.8 Å². The zero-order valence-corrected chi connectivity index (χ0v) is 14.4. The van der Waals surface area contributed by atoms with Crippen LogP contribution in [0.4, 0.5) is 6.01 Å². The Labute approximate surface area is 150 Å². The molecule has 3 rings (SSSR count). The molecular weight excluding hydrogens is 354 g/mol. The predicted octanol–water partition coefficient (Wildman–Crippen LogP) is 2.70. The Kier molecular flexibility index (Phi) is 5.23. The summed E-state index contributed by atoms with van der Waals surface area (Å²) < 4.78 is 29.7. The standard InChI is InChI=1S/C18H15N3O4S/c22-16(12-11-14-7-3-1-4-8-14)19-18-21-20-17(25-18)13-26(23,24)15-9-5-2-6-10-15/h1-12H,13H2,(H,19,21,22). The first kappa shape index (κ1) is 17.6. The van der Waals surface area contributed by atoms with Crippen LogP contribution < -0.4 is 5.32 Å². The van der Waals surface area contributed by atoms with Gasteiger partial charge in [0.05, 0.1) is 4.90 Å². The summed E-state index contributed by atoms with van der Waals surface area (Å²) in [7, 11) is -3.60. The van der Waals surface area contributed by atoms with Crippen LogP contribution in [-0.4, -0.2) is 24.5 Å². The van der Waals surface area contributed by atoms with Gasteiger partial charge in [-0.15, -0.1) is 5.10 Å². The molecule has 26 heavy (non-hydrogen) atoms. The largest absolute Gasteiger partial charge is 0.407 e. The number of benzene rings is 2. The molecule has 0 spiro atoms. The van der Waals surface area contributed by atoms with Crippen LogP contribution in [0.3, 0.4) is 0 Å². The maximum atomic E-state index is 12.3. The molecule has 1 aromatic heterocycles. The van der Waals surface area contributed by atoms with Crippen molar-refractivity contribution in [1.82, 2.24) is 10.2 Å². The van der Waals surface area contributed by atoms with Gasteiger partial charge in [-0.1, -0.05) is 53.6 Å². The van der Waals surface area contributed by atoms with E-state index in [1.165, 1.54) is 18.2 Å². The number of carbonyl (C=O) groups excluding carboxylic acids is 1. The monoisotopic (exact) mass is 369 g/mol. The summed E-state index contributed by atoms with van der Waals surface area (Å²) in [5.41, 5.74) is 0.864. The van der Waals surface area contributed by atoms with E-state index in [9.17, 15) is 13.2 Å². The molecule has 132 valence electrons. The molecule has 0 atom stereocenters. The van der Waals surface area contributed by atoms with Crippen molar-refractivity contribution in [3.63, 3.8) is 0 Å². The summed E-state index contributed by atoms with van der Waals surface area (Å²) in [6.45, 7) is 0. The van der Waals surface area contributed by atoms with Gasteiger partial charge in [-0.3, -0.25) is 10.1 Å². The van der Waals surface area contributed by atoms with Crippen LogP contribution in [0, 0.1) is 0 Å². The number of carbonyl (C=O) groups is 1. The van der Waals surface area contributed by atoms with E-state index in [2.05, 4.69) is 15.5 Å². The molecule has 0 unspecified atom stereocenters. The van der Waals surface area contributed by atoms with E-state index in [0.717, 1.165) is 5.56 Å². The zero-order chi connectivity index (χ0) is 18.4. The third-order valence-corrected chi connectivity index (χ3v) is 4.96. The van der Waals surface area contributed by atoms with E-state index < -0.39 is 21.5 Å². The normalized spacial score (nSPS) is 11.5. The Balaban J connectivity index is 1.63. The molecule has 7 nitrogen and oxygen atoms in total. The molecule has 0 fully saturated rings. The molecule has 1 amide bonds. The van der Waals surface area contributed by atoms with E-state index >= 15 is 0 Å². The average Bonchev–Trinajstić information content (AvgIpc) is 3.07. The van der Waals surface area contributed by atoms with Gasteiger partial charge in [-0.2, -0.15) is 0 Å². The Bertz CT molecular complexity index is 1010. The molecule has 0 saturated heterocycles. The molecule has 0 aliphatic carbocycles. The van der Waals surface area contributed by atoms with Crippen LogP contribution in [-0.2, 0) is 20.4 Å². The fourth-order valence-electron chi connectivity index (χ4n) is 2.12. The lowest BCUT2D eigenvalue weighted by Crippen LogP contribution is -2.08. The highest BCUT2D eigenvalue weighted by molar-refractivity contribution is 7.90. The lowest BCUT2D eigenvalue weighted by molar-refractivity contribution is -0.112. The van der Waals surface area contributed by atoms with Crippen molar-refractivity contribution in [2.75, 3.05) is 5.32 Å². The quantitative estimate of drug-likeness (QED) is 0.670. The first-order chi connectivity index (χ1) is 12.5. The van der Waals surface area contributed by atoms with Crippen LogP contribution in [0.1, 0.15) is 11.5 Å². The van der Waals surface area contributed by atoms with Crippen LogP contribution in [0.2, 0.25) is 0 Å². The fourth-order valence-corrected chi connectivity index (χ4v) is 3.30. The summed E-state index contributed by atoms with van der Waals surface area (Å²) in [5, 5.41) is 9.70. The maximum absolute atomic E-state index is 12.3. The van der Waals surface area contributed by atoms with Gasteiger partial charge < -0.3 is 4.42 Å². The van der Waals surface area contributed by atoms with Gasteiger partial charge in [0, 0.05) is 6.08 Å². The Morgan fingerprint density at radius 2 is 1.65 bits per heavy atom. The fraction of sp³-hybridized carbons (Fsp3) is 0.0556. The van der Waals surface area contributed by atoms with Crippen molar-refractivity contribution in [1.29, 1.82) is 0 Å². The second-order valence-electron chi connectivity index (χ2n) is 5.31. The molecule has 0 bridgehead atoms. The van der Waals surface area contributed by atoms with Crippen molar-refractivity contribution in [2.24, 2.45) is 0 Å². The Morgan fingerprint density at radius 3 is 2.35 bits per heavy atom. The lowest BCUT2D eigenvalue weighted by atomic mass is 10.2. The van der Waals surface area contributed by atoms with E-state index in [0.29, 0.717) is 0 Å². The molecule has 1 heterocycles. The molecule has 0 aliphatic heterocycles. The minimum atomic E-state index is -3.60. The molecule has 8 heteroatoms. The second-order valence-corrected chi connectivity index (χ2v) is 7.30. The van der Waals surface area contributed by atoms with Crippen molar-refractivity contribution in [3.8, 4) is 0 Å². The maximum Gasteiger partial charge on any atom is 0.322 e. The third-order valence-electron chi connectivity index (χ3n) is 3.34. The molecule has 3 aromatic rings.